The van der Waals surface area contributed by atoms with Crippen molar-refractivity contribution in [2.75, 3.05) is 0 Å². The monoisotopic (exact) mass is 305 g/mol. The highest BCUT2D eigenvalue weighted by molar-refractivity contribution is 5.84. The Morgan fingerprint density at radius 1 is 1.23 bits per heavy atom. The highest BCUT2D eigenvalue weighted by Crippen LogP contribution is 2.43. The lowest BCUT2D eigenvalue weighted by molar-refractivity contribution is -0.158. The lowest BCUT2D eigenvalue weighted by Gasteiger charge is -2.33. The van der Waals surface area contributed by atoms with E-state index in [0.717, 1.165) is 5.56 Å². The van der Waals surface area contributed by atoms with Crippen LogP contribution in [0.2, 0.25) is 0 Å². The van der Waals surface area contributed by atoms with Gasteiger partial charge in [-0.1, -0.05) is 65.0 Å². The molecule has 1 heterocycles. The Morgan fingerprint density at radius 2 is 1.82 bits per heavy atom. The molecule has 0 unspecified atom stereocenters. The maximum Gasteiger partial charge on any atom is 0.347 e. The molecule has 1 aliphatic rings. The number of benzene rings is 1. The maximum atomic E-state index is 12.7. The highest BCUT2D eigenvalue weighted by atomic mass is 16.8. The fourth-order valence-corrected chi connectivity index (χ4v) is 2.78. The number of esters is 1. The lowest BCUT2D eigenvalue weighted by atomic mass is 9.82. The van der Waals surface area contributed by atoms with Crippen LogP contribution in [0.25, 0.3) is 0 Å². The summed E-state index contributed by atoms with van der Waals surface area (Å²) in [6.07, 6.45) is 0.0827. The molecule has 1 aliphatic heterocycles. The fraction of sp³-hybridized carbons (Fsp3) is 0.611. The molecule has 0 saturated carbocycles. The largest absolute Gasteiger partial charge is 0.433 e. The smallest absolute Gasteiger partial charge is 0.347 e. The minimum atomic E-state index is -1.22. The van der Waals surface area contributed by atoms with Gasteiger partial charge in [0.05, 0.1) is 0 Å². The predicted molar refractivity (Wildman–Crippen MR) is 86.0 cm³/mol. The van der Waals surface area contributed by atoms with E-state index in [1.165, 1.54) is 0 Å². The van der Waals surface area contributed by atoms with Gasteiger partial charge in [-0.15, -0.1) is 0 Å². The molecule has 0 radical (unpaired) electrons. The van der Waals surface area contributed by atoms with Crippen molar-refractivity contribution in [3.05, 3.63) is 35.9 Å². The predicted octanol–water partition coefficient (Wildman–Crippen LogP) is 3.20. The quantitative estimate of drug-likeness (QED) is 0.868. The third kappa shape index (κ3) is 3.03. The number of ether oxygens (including phenoxy) is 2. The summed E-state index contributed by atoms with van der Waals surface area (Å²) in [6, 6.07) is 9.00. The van der Waals surface area contributed by atoms with Crippen molar-refractivity contribution < 1.29 is 14.3 Å². The van der Waals surface area contributed by atoms with Gasteiger partial charge in [-0.2, -0.15) is 0 Å². The van der Waals surface area contributed by atoms with E-state index in [4.69, 9.17) is 15.2 Å². The van der Waals surface area contributed by atoms with Gasteiger partial charge in [-0.05, 0) is 17.9 Å². The third-order valence-corrected chi connectivity index (χ3v) is 3.97. The minimum Gasteiger partial charge on any atom is -0.433 e. The van der Waals surface area contributed by atoms with Gasteiger partial charge in [0, 0.05) is 11.5 Å². The Kier molecular flexibility index (Phi) is 4.64. The second-order valence-electron chi connectivity index (χ2n) is 7.56. The lowest BCUT2D eigenvalue weighted by Crippen LogP contribution is -2.51. The van der Waals surface area contributed by atoms with Crippen molar-refractivity contribution in [1.82, 2.24) is 0 Å². The van der Waals surface area contributed by atoms with Crippen molar-refractivity contribution in [3.63, 3.8) is 0 Å². The van der Waals surface area contributed by atoms with E-state index in [9.17, 15) is 4.79 Å². The molecule has 1 aromatic rings. The van der Waals surface area contributed by atoms with Crippen molar-refractivity contribution in [2.45, 2.75) is 59.0 Å². The number of rotatable bonds is 4. The summed E-state index contributed by atoms with van der Waals surface area (Å²) < 4.78 is 11.7. The number of carbonyl (C=O) groups excluding carboxylic acids is 1. The zero-order chi connectivity index (χ0) is 16.5. The molecular weight excluding hydrogens is 278 g/mol. The zero-order valence-corrected chi connectivity index (χ0v) is 14.1. The standard InChI is InChI=1S/C18H27NO3/c1-12(2)11-14(19)18(13-9-7-6-8-10-13)15(20)21-16(22-18)17(3,4)5/h6-10,12,14,16H,11,19H2,1-5H3/t14-,16+,18+/m0/s1. The van der Waals surface area contributed by atoms with Crippen LogP contribution in [0.3, 0.4) is 0 Å². The summed E-state index contributed by atoms with van der Waals surface area (Å²) in [4.78, 5) is 12.7. The summed E-state index contributed by atoms with van der Waals surface area (Å²) in [7, 11) is 0. The minimum absolute atomic E-state index is 0.302. The normalized spacial score (nSPS) is 27.0. The average molecular weight is 305 g/mol. The molecule has 1 aromatic carbocycles. The van der Waals surface area contributed by atoms with Crippen LogP contribution in [-0.4, -0.2) is 18.3 Å². The van der Waals surface area contributed by atoms with Crippen LogP contribution in [0.1, 0.15) is 46.6 Å². The molecule has 0 aromatic heterocycles. The van der Waals surface area contributed by atoms with Gasteiger partial charge >= 0.3 is 5.97 Å². The summed E-state index contributed by atoms with van der Waals surface area (Å²) in [5, 5.41) is 0. The topological polar surface area (TPSA) is 61.6 Å². The Hall–Kier alpha value is -1.39. The summed E-state index contributed by atoms with van der Waals surface area (Å²) in [5.74, 6) is -0.0209. The molecule has 122 valence electrons. The van der Waals surface area contributed by atoms with E-state index < -0.39 is 17.9 Å². The van der Waals surface area contributed by atoms with Gasteiger partial charge in [-0.25, -0.2) is 4.79 Å². The number of nitrogens with two attached hydrogens (primary N) is 1. The molecule has 0 spiro atoms. The molecule has 0 bridgehead atoms. The Morgan fingerprint density at radius 3 is 2.27 bits per heavy atom. The number of cyclic esters (lactones) is 1. The van der Waals surface area contributed by atoms with Crippen LogP contribution >= 0.6 is 0 Å². The summed E-state index contributed by atoms with van der Waals surface area (Å²) in [5.41, 5.74) is 5.66. The SMILES string of the molecule is CC(C)C[C@H](N)[C@@]1(c2ccccc2)O[C@H](C(C)(C)C)OC1=O. The second kappa shape index (κ2) is 6.01. The van der Waals surface area contributed by atoms with Gasteiger partial charge in [0.1, 0.15) is 0 Å². The van der Waals surface area contributed by atoms with Crippen LogP contribution in [0, 0.1) is 11.3 Å². The van der Waals surface area contributed by atoms with Gasteiger partial charge < -0.3 is 15.2 Å². The molecule has 2 N–H and O–H groups in total. The highest BCUT2D eigenvalue weighted by Gasteiger charge is 2.58. The first-order valence-corrected chi connectivity index (χ1v) is 7.88. The van der Waals surface area contributed by atoms with E-state index >= 15 is 0 Å². The van der Waals surface area contributed by atoms with Crippen molar-refractivity contribution in [1.29, 1.82) is 0 Å². The Balaban J connectivity index is 2.46. The van der Waals surface area contributed by atoms with Crippen LogP contribution in [-0.2, 0) is 19.9 Å². The van der Waals surface area contributed by atoms with Gasteiger partial charge in [0.15, 0.2) is 0 Å². The van der Waals surface area contributed by atoms with E-state index in [-0.39, 0.29) is 11.4 Å². The van der Waals surface area contributed by atoms with Crippen molar-refractivity contribution >= 4 is 5.97 Å². The zero-order valence-electron chi connectivity index (χ0n) is 14.1. The molecular formula is C18H27NO3. The van der Waals surface area contributed by atoms with Gasteiger partial charge in [-0.3, -0.25) is 0 Å². The van der Waals surface area contributed by atoms with Crippen molar-refractivity contribution in [3.8, 4) is 0 Å². The number of hydrogen-bond donors (Lipinski definition) is 1. The van der Waals surface area contributed by atoms with E-state index in [0.29, 0.717) is 12.3 Å². The maximum absolute atomic E-state index is 12.7. The van der Waals surface area contributed by atoms with Gasteiger partial charge in [0.25, 0.3) is 0 Å². The second-order valence-corrected chi connectivity index (χ2v) is 7.56. The molecule has 1 fully saturated rings. The van der Waals surface area contributed by atoms with E-state index in [1.807, 2.05) is 51.1 Å². The summed E-state index contributed by atoms with van der Waals surface area (Å²) >= 11 is 0. The van der Waals surface area contributed by atoms with E-state index in [2.05, 4.69) is 13.8 Å². The van der Waals surface area contributed by atoms with Crippen LogP contribution in [0.4, 0.5) is 0 Å². The van der Waals surface area contributed by atoms with Crippen LogP contribution in [0.15, 0.2) is 30.3 Å². The van der Waals surface area contributed by atoms with Gasteiger partial charge in [0.2, 0.25) is 11.9 Å². The molecule has 4 heteroatoms. The average Bonchev–Trinajstić information content (AvgIpc) is 2.78. The number of carbonyl (C=O) groups is 1. The van der Waals surface area contributed by atoms with Crippen LogP contribution in [0.5, 0.6) is 0 Å². The van der Waals surface area contributed by atoms with Crippen LogP contribution < -0.4 is 5.73 Å². The molecule has 22 heavy (non-hydrogen) atoms. The first kappa shape index (κ1) is 17.0. The molecule has 3 atom stereocenters. The first-order valence-electron chi connectivity index (χ1n) is 7.88. The molecule has 1 saturated heterocycles. The first-order chi connectivity index (χ1) is 10.2. The molecule has 2 rings (SSSR count). The molecule has 0 aliphatic carbocycles. The van der Waals surface area contributed by atoms with E-state index in [1.54, 1.807) is 0 Å². The summed E-state index contributed by atoms with van der Waals surface area (Å²) in [6.45, 7) is 10.1. The third-order valence-electron chi connectivity index (χ3n) is 3.97. The Labute approximate surface area is 133 Å². The molecule has 4 nitrogen and oxygen atoms in total. The fourth-order valence-electron chi connectivity index (χ4n) is 2.78. The number of hydrogen-bond acceptors (Lipinski definition) is 4. The molecule has 0 amide bonds. The van der Waals surface area contributed by atoms with Crippen molar-refractivity contribution in [2.24, 2.45) is 17.1 Å². The Bertz CT molecular complexity index is 521.